The molecule has 1 aliphatic rings. The van der Waals surface area contributed by atoms with Crippen LogP contribution in [0.15, 0.2) is 30.5 Å². The number of rotatable bonds is 16. The molecule has 1 atom stereocenters. The Balaban J connectivity index is 1.77. The molecule has 9 heteroatoms. The molecule has 1 saturated carbocycles. The Morgan fingerprint density at radius 1 is 1.05 bits per heavy atom. The molecule has 0 radical (unpaired) electrons. The maximum absolute atomic E-state index is 13.7. The van der Waals surface area contributed by atoms with Gasteiger partial charge >= 0.3 is 0 Å². The van der Waals surface area contributed by atoms with Gasteiger partial charge in [-0.1, -0.05) is 51.3 Å². The van der Waals surface area contributed by atoms with Crippen LogP contribution in [0, 0.1) is 0 Å². The Morgan fingerprint density at radius 3 is 2.45 bits per heavy atom. The first-order valence-electron chi connectivity index (χ1n) is 14.1. The van der Waals surface area contributed by atoms with Crippen molar-refractivity contribution in [1.29, 1.82) is 0 Å². The molecule has 1 fully saturated rings. The van der Waals surface area contributed by atoms with E-state index in [-0.39, 0.29) is 18.4 Å². The van der Waals surface area contributed by atoms with Crippen molar-refractivity contribution in [2.45, 2.75) is 76.7 Å². The molecule has 1 aliphatic carbocycles. The third-order valence-corrected chi connectivity index (χ3v) is 7.81. The minimum absolute atomic E-state index is 0.000123. The first-order chi connectivity index (χ1) is 18.5. The number of aromatic amines is 1. The third kappa shape index (κ3) is 8.02. The van der Waals surface area contributed by atoms with E-state index in [1.165, 1.54) is 0 Å². The van der Waals surface area contributed by atoms with Gasteiger partial charge in [0.1, 0.15) is 0 Å². The van der Waals surface area contributed by atoms with Crippen LogP contribution in [-0.2, 0) is 25.5 Å². The topological polar surface area (TPSA) is 108 Å². The lowest BCUT2D eigenvalue weighted by Crippen LogP contribution is -2.64. The summed E-state index contributed by atoms with van der Waals surface area (Å²) in [7, 11) is 3.09. The van der Waals surface area contributed by atoms with E-state index in [9.17, 15) is 9.59 Å². The van der Waals surface area contributed by atoms with Crippen molar-refractivity contribution < 1.29 is 19.1 Å². The number of benzene rings is 1. The monoisotopic (exact) mass is 529 g/mol. The van der Waals surface area contributed by atoms with Crippen molar-refractivity contribution in [3.63, 3.8) is 0 Å². The summed E-state index contributed by atoms with van der Waals surface area (Å²) in [5, 5.41) is 10.8. The average molecular weight is 530 g/mol. The van der Waals surface area contributed by atoms with Gasteiger partial charge in [0, 0.05) is 37.9 Å². The minimum atomic E-state index is -0.774. The first kappa shape index (κ1) is 30.1. The molecular weight excluding hydrogens is 482 g/mol. The number of ether oxygens (including phenoxy) is 2. The van der Waals surface area contributed by atoms with Crippen molar-refractivity contribution in [3.05, 3.63) is 36.0 Å². The van der Waals surface area contributed by atoms with Gasteiger partial charge in [-0.2, -0.15) is 0 Å². The molecule has 4 N–H and O–H groups in total. The highest BCUT2D eigenvalue weighted by atomic mass is 16.7. The first-order valence-corrected chi connectivity index (χ1v) is 14.1. The highest BCUT2D eigenvalue weighted by Crippen LogP contribution is 2.30. The zero-order chi connectivity index (χ0) is 27.4. The minimum Gasteiger partial charge on any atom is -0.361 e. The molecule has 1 aromatic heterocycles. The quantitative estimate of drug-likeness (QED) is 0.197. The second-order valence-corrected chi connectivity index (χ2v) is 10.2. The van der Waals surface area contributed by atoms with E-state index in [1.54, 1.807) is 14.2 Å². The van der Waals surface area contributed by atoms with E-state index in [1.807, 2.05) is 24.4 Å². The second-order valence-electron chi connectivity index (χ2n) is 10.2. The lowest BCUT2D eigenvalue weighted by atomic mass is 9.79. The molecule has 0 bridgehead atoms. The van der Waals surface area contributed by atoms with E-state index < -0.39 is 17.9 Å². The third-order valence-electron chi connectivity index (χ3n) is 7.81. The van der Waals surface area contributed by atoms with Crippen molar-refractivity contribution in [1.82, 2.24) is 25.8 Å². The van der Waals surface area contributed by atoms with Crippen LogP contribution in [0.1, 0.15) is 57.9 Å². The van der Waals surface area contributed by atoms with Gasteiger partial charge < -0.3 is 30.0 Å². The molecule has 0 unspecified atom stereocenters. The number of amides is 2. The number of carbonyl (C=O) groups excluding carboxylic acids is 2. The maximum Gasteiger partial charge on any atom is 0.240 e. The lowest BCUT2D eigenvalue weighted by molar-refractivity contribution is -0.133. The standard InChI is InChI=1S/C29H47N5O4/c1-5-34(6-2)18-12-17-30-28(36)29(15-10-7-11-16-29)33-25(27(35)32-21-26(37-3)38-4)19-22-20-31-24-14-9-8-13-23(22)24/h8-9,13-14,20,25-26,31,33H,5-7,10-12,15-19,21H2,1-4H3,(H,30,36)(H,32,35)/t25-/m0/s1. The van der Waals surface area contributed by atoms with E-state index in [0.29, 0.717) is 25.8 Å². The van der Waals surface area contributed by atoms with Crippen LogP contribution in [0.4, 0.5) is 0 Å². The van der Waals surface area contributed by atoms with Crippen molar-refractivity contribution in [3.8, 4) is 0 Å². The smallest absolute Gasteiger partial charge is 0.240 e. The predicted molar refractivity (Wildman–Crippen MR) is 151 cm³/mol. The molecule has 212 valence electrons. The van der Waals surface area contributed by atoms with Crippen LogP contribution < -0.4 is 16.0 Å². The van der Waals surface area contributed by atoms with Crippen LogP contribution in [0.25, 0.3) is 10.9 Å². The number of hydrogen-bond acceptors (Lipinski definition) is 6. The van der Waals surface area contributed by atoms with Crippen LogP contribution in [0.2, 0.25) is 0 Å². The molecule has 0 spiro atoms. The summed E-state index contributed by atoms with van der Waals surface area (Å²) >= 11 is 0. The molecule has 2 amide bonds. The van der Waals surface area contributed by atoms with Gasteiger partial charge in [0.05, 0.1) is 18.1 Å². The molecule has 1 heterocycles. The summed E-state index contributed by atoms with van der Waals surface area (Å²) in [6.07, 6.45) is 7.21. The Hall–Kier alpha value is -2.46. The van der Waals surface area contributed by atoms with Gasteiger partial charge in [-0.3, -0.25) is 14.9 Å². The van der Waals surface area contributed by atoms with Gasteiger partial charge in [0.2, 0.25) is 11.8 Å². The fourth-order valence-electron chi connectivity index (χ4n) is 5.44. The van der Waals surface area contributed by atoms with Crippen LogP contribution in [0.3, 0.4) is 0 Å². The number of fused-ring (bicyclic) bond motifs is 1. The summed E-state index contributed by atoms with van der Waals surface area (Å²) in [5.74, 6) is -0.172. The van der Waals surface area contributed by atoms with Gasteiger partial charge in [-0.25, -0.2) is 0 Å². The molecular formula is C29H47N5O4. The largest absolute Gasteiger partial charge is 0.361 e. The predicted octanol–water partition coefficient (Wildman–Crippen LogP) is 2.95. The Labute approximate surface area is 227 Å². The number of H-pyrrole nitrogens is 1. The molecule has 0 saturated heterocycles. The fourth-order valence-corrected chi connectivity index (χ4v) is 5.44. The summed E-state index contributed by atoms with van der Waals surface area (Å²) in [6, 6.07) is 7.47. The second kappa shape index (κ2) is 15.2. The lowest BCUT2D eigenvalue weighted by Gasteiger charge is -2.39. The number of nitrogens with zero attached hydrogens (tertiary/aromatic N) is 1. The zero-order valence-corrected chi connectivity index (χ0v) is 23.6. The molecule has 1 aromatic carbocycles. The SMILES string of the molecule is CCN(CC)CCCNC(=O)C1(N[C@@H](Cc2c[nH]c3ccccc23)C(=O)NCC(OC)OC)CCCCC1. The normalized spacial score (nSPS) is 16.2. The molecule has 9 nitrogen and oxygen atoms in total. The van der Waals surface area contributed by atoms with Gasteiger partial charge in [0.15, 0.2) is 6.29 Å². The number of carbonyl (C=O) groups is 2. The van der Waals surface area contributed by atoms with Crippen molar-refractivity contribution in [2.24, 2.45) is 0 Å². The number of hydrogen-bond donors (Lipinski definition) is 4. The number of methoxy groups -OCH3 is 2. The zero-order valence-electron chi connectivity index (χ0n) is 23.6. The van der Waals surface area contributed by atoms with Crippen LogP contribution in [0.5, 0.6) is 0 Å². The van der Waals surface area contributed by atoms with E-state index in [4.69, 9.17) is 9.47 Å². The highest BCUT2D eigenvalue weighted by Gasteiger charge is 2.42. The molecule has 38 heavy (non-hydrogen) atoms. The Kier molecular flexibility index (Phi) is 12.0. The maximum atomic E-state index is 13.7. The van der Waals surface area contributed by atoms with E-state index in [2.05, 4.69) is 45.7 Å². The van der Waals surface area contributed by atoms with Crippen molar-refractivity contribution >= 4 is 22.7 Å². The Bertz CT molecular complexity index is 996. The molecule has 3 rings (SSSR count). The summed E-state index contributed by atoms with van der Waals surface area (Å²) < 4.78 is 10.5. The van der Waals surface area contributed by atoms with E-state index >= 15 is 0 Å². The fraction of sp³-hybridized carbons (Fsp3) is 0.655. The van der Waals surface area contributed by atoms with Crippen molar-refractivity contribution in [2.75, 3.05) is 46.9 Å². The van der Waals surface area contributed by atoms with E-state index in [0.717, 1.165) is 61.8 Å². The van der Waals surface area contributed by atoms with Gasteiger partial charge in [-0.05, 0) is 56.9 Å². The summed E-state index contributed by atoms with van der Waals surface area (Å²) in [4.78, 5) is 32.9. The van der Waals surface area contributed by atoms with Gasteiger partial charge in [0.25, 0.3) is 0 Å². The van der Waals surface area contributed by atoms with Crippen LogP contribution >= 0.6 is 0 Å². The summed E-state index contributed by atoms with van der Waals surface area (Å²) in [5.41, 5.74) is 1.29. The Morgan fingerprint density at radius 2 is 1.76 bits per heavy atom. The van der Waals surface area contributed by atoms with Gasteiger partial charge in [-0.15, -0.1) is 0 Å². The molecule has 2 aromatic rings. The number of aromatic nitrogens is 1. The van der Waals surface area contributed by atoms with Crippen LogP contribution in [-0.4, -0.2) is 86.5 Å². The average Bonchev–Trinajstić information content (AvgIpc) is 3.36. The highest BCUT2D eigenvalue weighted by molar-refractivity contribution is 5.89. The molecule has 0 aliphatic heterocycles. The number of nitrogens with one attached hydrogen (secondary N) is 4. The number of para-hydroxylation sites is 1. The summed E-state index contributed by atoms with van der Waals surface area (Å²) in [6.45, 7) is 8.14.